The summed E-state index contributed by atoms with van der Waals surface area (Å²) in [6, 6.07) is 0. The number of carboxylic acid groups (broad SMARTS) is 1. The van der Waals surface area contributed by atoms with E-state index in [1.807, 2.05) is 6.92 Å². The number of rotatable bonds is 6. The van der Waals surface area contributed by atoms with Crippen molar-refractivity contribution in [2.24, 2.45) is 5.92 Å². The predicted octanol–water partition coefficient (Wildman–Crippen LogP) is 1.42. The Morgan fingerprint density at radius 1 is 1.67 bits per heavy atom. The highest BCUT2D eigenvalue weighted by atomic mass is 16.4. The fourth-order valence-corrected chi connectivity index (χ4v) is 1.02. The van der Waals surface area contributed by atoms with Crippen LogP contribution in [-0.4, -0.2) is 22.3 Å². The third-order valence-electron chi connectivity index (χ3n) is 1.81. The van der Waals surface area contributed by atoms with Gasteiger partial charge in [-0.15, -0.1) is 6.58 Å². The molecule has 0 rings (SSSR count). The molecule has 0 spiro atoms. The third-order valence-corrected chi connectivity index (χ3v) is 1.81. The first-order valence-corrected chi connectivity index (χ1v) is 4.16. The van der Waals surface area contributed by atoms with Gasteiger partial charge in [-0.3, -0.25) is 4.79 Å². The Kier molecular flexibility index (Phi) is 5.37. The summed E-state index contributed by atoms with van der Waals surface area (Å²) in [5.74, 6) is -1.83. The minimum atomic E-state index is -1.01. The van der Waals surface area contributed by atoms with Gasteiger partial charge in [0, 0.05) is 0 Å². The first kappa shape index (κ1) is 11.2. The molecule has 0 fully saturated rings. The van der Waals surface area contributed by atoms with Crippen molar-refractivity contribution >= 4 is 5.97 Å². The normalized spacial score (nSPS) is 15.2. The molecule has 2 unspecified atom stereocenters. The fraction of sp³-hybridized carbons (Fsp3) is 0.667. The van der Waals surface area contributed by atoms with Crippen molar-refractivity contribution in [2.75, 3.05) is 0 Å². The van der Waals surface area contributed by atoms with Crippen molar-refractivity contribution in [3.8, 4) is 0 Å². The van der Waals surface area contributed by atoms with E-state index < -0.39 is 18.0 Å². The molecule has 3 nitrogen and oxygen atoms in total. The summed E-state index contributed by atoms with van der Waals surface area (Å²) >= 11 is 0. The van der Waals surface area contributed by atoms with Gasteiger partial charge in [-0.2, -0.15) is 0 Å². The molecule has 70 valence electrons. The van der Waals surface area contributed by atoms with Gasteiger partial charge >= 0.3 is 5.97 Å². The summed E-state index contributed by atoms with van der Waals surface area (Å²) < 4.78 is 0. The maximum atomic E-state index is 10.5. The Bertz CT molecular complexity index is 154. The van der Waals surface area contributed by atoms with Crippen LogP contribution in [0.15, 0.2) is 12.7 Å². The van der Waals surface area contributed by atoms with Crippen LogP contribution in [-0.2, 0) is 4.79 Å². The van der Waals surface area contributed by atoms with E-state index in [0.29, 0.717) is 6.42 Å². The molecule has 0 aromatic carbocycles. The van der Waals surface area contributed by atoms with E-state index >= 15 is 0 Å². The largest absolute Gasteiger partial charge is 0.481 e. The van der Waals surface area contributed by atoms with Crippen LogP contribution in [0.3, 0.4) is 0 Å². The lowest BCUT2D eigenvalue weighted by Gasteiger charge is -2.14. The number of carboxylic acids is 1. The van der Waals surface area contributed by atoms with Gasteiger partial charge in [0.2, 0.25) is 0 Å². The van der Waals surface area contributed by atoms with Crippen LogP contribution in [0.1, 0.15) is 26.2 Å². The quantitative estimate of drug-likeness (QED) is 0.596. The van der Waals surface area contributed by atoms with Gasteiger partial charge in [0.1, 0.15) is 5.92 Å². The zero-order valence-electron chi connectivity index (χ0n) is 7.36. The first-order chi connectivity index (χ1) is 5.63. The zero-order chi connectivity index (χ0) is 9.56. The van der Waals surface area contributed by atoms with Crippen LogP contribution in [0.5, 0.6) is 0 Å². The third kappa shape index (κ3) is 3.53. The van der Waals surface area contributed by atoms with Crippen LogP contribution >= 0.6 is 0 Å². The molecule has 0 aromatic heterocycles. The predicted molar refractivity (Wildman–Crippen MR) is 46.9 cm³/mol. The molecule has 0 saturated heterocycles. The molecular formula is C9H16O3. The van der Waals surface area contributed by atoms with Gasteiger partial charge in [-0.1, -0.05) is 25.8 Å². The smallest absolute Gasteiger partial charge is 0.312 e. The number of unbranched alkanes of at least 4 members (excludes halogenated alkanes) is 1. The highest BCUT2D eigenvalue weighted by Crippen LogP contribution is 2.12. The van der Waals surface area contributed by atoms with E-state index in [1.54, 1.807) is 0 Å². The number of carbonyl (C=O) groups is 1. The second-order valence-electron chi connectivity index (χ2n) is 2.81. The van der Waals surface area contributed by atoms with Gasteiger partial charge in [0.15, 0.2) is 0 Å². The highest BCUT2D eigenvalue weighted by molar-refractivity contribution is 5.72. The molecule has 12 heavy (non-hydrogen) atoms. The minimum Gasteiger partial charge on any atom is -0.481 e. The molecule has 0 aliphatic heterocycles. The summed E-state index contributed by atoms with van der Waals surface area (Å²) in [5, 5.41) is 18.0. The lowest BCUT2D eigenvalue weighted by molar-refractivity contribution is -0.143. The van der Waals surface area contributed by atoms with Gasteiger partial charge in [-0.25, -0.2) is 0 Å². The van der Waals surface area contributed by atoms with Gasteiger partial charge < -0.3 is 10.2 Å². The van der Waals surface area contributed by atoms with E-state index in [1.165, 1.54) is 6.08 Å². The summed E-state index contributed by atoms with van der Waals surface area (Å²) in [6.07, 6.45) is 2.82. The Balaban J connectivity index is 3.93. The summed E-state index contributed by atoms with van der Waals surface area (Å²) in [6.45, 7) is 5.37. The van der Waals surface area contributed by atoms with E-state index in [2.05, 4.69) is 6.58 Å². The fourth-order valence-electron chi connectivity index (χ4n) is 1.02. The molecule has 0 saturated carbocycles. The Morgan fingerprint density at radius 2 is 2.25 bits per heavy atom. The monoisotopic (exact) mass is 172 g/mol. The van der Waals surface area contributed by atoms with Crippen LogP contribution in [0.4, 0.5) is 0 Å². The maximum absolute atomic E-state index is 10.5. The average Bonchev–Trinajstić information content (AvgIpc) is 2.01. The second kappa shape index (κ2) is 5.77. The SMILES string of the molecule is C=CC(C(=O)O)C(O)CCCC. The van der Waals surface area contributed by atoms with Gasteiger partial charge in [0.25, 0.3) is 0 Å². The van der Waals surface area contributed by atoms with Crippen molar-refractivity contribution in [2.45, 2.75) is 32.3 Å². The number of aliphatic carboxylic acids is 1. The van der Waals surface area contributed by atoms with Crippen LogP contribution in [0.25, 0.3) is 0 Å². The van der Waals surface area contributed by atoms with E-state index in [4.69, 9.17) is 5.11 Å². The van der Waals surface area contributed by atoms with Crippen LogP contribution in [0, 0.1) is 5.92 Å². The number of aliphatic hydroxyl groups is 1. The van der Waals surface area contributed by atoms with E-state index in [-0.39, 0.29) is 0 Å². The zero-order valence-corrected chi connectivity index (χ0v) is 7.36. The summed E-state index contributed by atoms with van der Waals surface area (Å²) in [5.41, 5.74) is 0. The van der Waals surface area contributed by atoms with E-state index in [0.717, 1.165) is 12.8 Å². The number of aliphatic hydroxyl groups excluding tert-OH is 1. The van der Waals surface area contributed by atoms with Crippen molar-refractivity contribution in [3.63, 3.8) is 0 Å². The first-order valence-electron chi connectivity index (χ1n) is 4.16. The molecular weight excluding hydrogens is 156 g/mol. The van der Waals surface area contributed by atoms with E-state index in [9.17, 15) is 9.90 Å². The van der Waals surface area contributed by atoms with Crippen LogP contribution < -0.4 is 0 Å². The molecule has 0 radical (unpaired) electrons. The molecule has 3 heteroatoms. The molecule has 2 N–H and O–H groups in total. The molecule has 2 atom stereocenters. The molecule has 0 aromatic rings. The average molecular weight is 172 g/mol. The van der Waals surface area contributed by atoms with Crippen molar-refractivity contribution in [1.82, 2.24) is 0 Å². The summed E-state index contributed by atoms with van der Waals surface area (Å²) in [7, 11) is 0. The minimum absolute atomic E-state index is 0.527. The topological polar surface area (TPSA) is 57.5 Å². The molecule has 0 heterocycles. The Hall–Kier alpha value is -0.830. The van der Waals surface area contributed by atoms with Crippen molar-refractivity contribution in [3.05, 3.63) is 12.7 Å². The van der Waals surface area contributed by atoms with Gasteiger partial charge in [0.05, 0.1) is 6.10 Å². The maximum Gasteiger partial charge on any atom is 0.312 e. The molecule has 0 bridgehead atoms. The lowest BCUT2D eigenvalue weighted by atomic mass is 9.98. The highest BCUT2D eigenvalue weighted by Gasteiger charge is 2.21. The van der Waals surface area contributed by atoms with Crippen molar-refractivity contribution < 1.29 is 15.0 Å². The number of hydrogen-bond donors (Lipinski definition) is 2. The van der Waals surface area contributed by atoms with Crippen LogP contribution in [0.2, 0.25) is 0 Å². The lowest BCUT2D eigenvalue weighted by Crippen LogP contribution is -2.26. The second-order valence-corrected chi connectivity index (χ2v) is 2.81. The Morgan fingerprint density at radius 3 is 2.58 bits per heavy atom. The summed E-state index contributed by atoms with van der Waals surface area (Å²) in [4.78, 5) is 10.5. The number of hydrogen-bond acceptors (Lipinski definition) is 2. The molecule has 0 amide bonds. The molecule has 0 aliphatic rings. The van der Waals surface area contributed by atoms with Gasteiger partial charge in [-0.05, 0) is 6.42 Å². The Labute approximate surface area is 72.7 Å². The van der Waals surface area contributed by atoms with Crippen molar-refractivity contribution in [1.29, 1.82) is 0 Å². The standard InChI is InChI=1S/C9H16O3/c1-3-5-6-8(10)7(4-2)9(11)12/h4,7-8,10H,2-3,5-6H2,1H3,(H,11,12). The molecule has 0 aliphatic carbocycles.